The quantitative estimate of drug-likeness (QED) is 0.855. The molecule has 0 atom stereocenters. The van der Waals surface area contributed by atoms with Crippen LogP contribution >= 0.6 is 0 Å². The van der Waals surface area contributed by atoms with Crippen molar-refractivity contribution in [2.24, 2.45) is 0 Å². The summed E-state index contributed by atoms with van der Waals surface area (Å²) in [5.41, 5.74) is 0.493. The number of amides is 2. The normalized spacial score (nSPS) is 13.3. The molecule has 0 spiro atoms. The third-order valence-electron chi connectivity index (χ3n) is 3.72. The van der Waals surface area contributed by atoms with Crippen LogP contribution in [0.2, 0.25) is 0 Å². The summed E-state index contributed by atoms with van der Waals surface area (Å²) < 4.78 is 5.28. The topological polar surface area (TPSA) is 87.2 Å². The van der Waals surface area contributed by atoms with Crippen molar-refractivity contribution in [3.63, 3.8) is 0 Å². The molecule has 23 heavy (non-hydrogen) atoms. The van der Waals surface area contributed by atoms with Gasteiger partial charge in [0.25, 0.3) is 5.91 Å². The van der Waals surface area contributed by atoms with Crippen LogP contribution in [0.5, 0.6) is 5.75 Å². The number of anilines is 1. The van der Waals surface area contributed by atoms with Crippen LogP contribution in [0.4, 0.5) is 5.69 Å². The molecule has 1 aromatic rings. The Balaban J connectivity index is 2.18. The SMILES string of the molecule is CCCCN(C)C(=O)CN1C(=O)COc2cc(C(=O)O)ccc21. The third-order valence-corrected chi connectivity index (χ3v) is 3.72. The average Bonchev–Trinajstić information content (AvgIpc) is 2.54. The second-order valence-electron chi connectivity index (χ2n) is 5.43. The molecule has 1 aromatic carbocycles. The number of carboxylic acids is 1. The molecule has 7 nitrogen and oxygen atoms in total. The van der Waals surface area contributed by atoms with Gasteiger partial charge in [-0.2, -0.15) is 0 Å². The number of hydrogen-bond donors (Lipinski definition) is 1. The summed E-state index contributed by atoms with van der Waals surface area (Å²) in [5, 5.41) is 9.01. The number of carboxylic acid groups (broad SMARTS) is 1. The molecule has 0 unspecified atom stereocenters. The van der Waals surface area contributed by atoms with Gasteiger partial charge in [-0.15, -0.1) is 0 Å². The van der Waals surface area contributed by atoms with E-state index < -0.39 is 5.97 Å². The number of likely N-dealkylation sites (N-methyl/N-ethyl adjacent to an activating group) is 1. The zero-order valence-electron chi connectivity index (χ0n) is 13.2. The van der Waals surface area contributed by atoms with Gasteiger partial charge in [0.2, 0.25) is 5.91 Å². The molecule has 2 rings (SSSR count). The van der Waals surface area contributed by atoms with Crippen LogP contribution in [-0.2, 0) is 9.59 Å². The smallest absolute Gasteiger partial charge is 0.335 e. The lowest BCUT2D eigenvalue weighted by Gasteiger charge is -2.30. The average molecular weight is 320 g/mol. The number of benzene rings is 1. The maximum atomic E-state index is 12.2. The van der Waals surface area contributed by atoms with Crippen molar-refractivity contribution in [3.8, 4) is 5.75 Å². The molecule has 0 fully saturated rings. The Hall–Kier alpha value is -2.57. The Morgan fingerprint density at radius 2 is 2.13 bits per heavy atom. The summed E-state index contributed by atoms with van der Waals surface area (Å²) in [7, 11) is 1.71. The van der Waals surface area contributed by atoms with E-state index >= 15 is 0 Å². The van der Waals surface area contributed by atoms with Gasteiger partial charge in [0.15, 0.2) is 6.61 Å². The van der Waals surface area contributed by atoms with E-state index in [4.69, 9.17) is 9.84 Å². The van der Waals surface area contributed by atoms with Gasteiger partial charge in [-0.25, -0.2) is 4.79 Å². The Kier molecular flexibility index (Phi) is 5.20. The van der Waals surface area contributed by atoms with Crippen molar-refractivity contribution in [2.45, 2.75) is 19.8 Å². The summed E-state index contributed by atoms with van der Waals surface area (Å²) in [4.78, 5) is 38.2. The predicted octanol–water partition coefficient (Wildman–Crippen LogP) is 1.37. The van der Waals surface area contributed by atoms with Crippen molar-refractivity contribution in [3.05, 3.63) is 23.8 Å². The number of rotatable bonds is 6. The number of hydrogen-bond acceptors (Lipinski definition) is 4. The zero-order chi connectivity index (χ0) is 17.0. The highest BCUT2D eigenvalue weighted by Gasteiger charge is 2.28. The Morgan fingerprint density at radius 3 is 2.78 bits per heavy atom. The minimum atomic E-state index is -1.07. The summed E-state index contributed by atoms with van der Waals surface area (Å²) in [6, 6.07) is 4.25. The highest BCUT2D eigenvalue weighted by molar-refractivity contribution is 6.02. The summed E-state index contributed by atoms with van der Waals surface area (Å²) >= 11 is 0. The van der Waals surface area contributed by atoms with E-state index in [1.54, 1.807) is 11.9 Å². The van der Waals surface area contributed by atoms with Gasteiger partial charge in [-0.05, 0) is 24.6 Å². The molecule has 124 valence electrons. The van der Waals surface area contributed by atoms with Gasteiger partial charge >= 0.3 is 5.97 Å². The highest BCUT2D eigenvalue weighted by Crippen LogP contribution is 2.32. The van der Waals surface area contributed by atoms with E-state index in [-0.39, 0.29) is 30.5 Å². The largest absolute Gasteiger partial charge is 0.482 e. The van der Waals surface area contributed by atoms with Gasteiger partial charge in [0.1, 0.15) is 12.3 Å². The van der Waals surface area contributed by atoms with E-state index in [2.05, 4.69) is 0 Å². The van der Waals surface area contributed by atoms with Gasteiger partial charge < -0.3 is 14.7 Å². The number of fused-ring (bicyclic) bond motifs is 1. The summed E-state index contributed by atoms with van der Waals surface area (Å²) in [5.74, 6) is -1.26. The number of nitrogens with zero attached hydrogens (tertiary/aromatic N) is 2. The molecule has 7 heteroatoms. The minimum Gasteiger partial charge on any atom is -0.482 e. The van der Waals surface area contributed by atoms with Crippen molar-refractivity contribution in [1.29, 1.82) is 0 Å². The zero-order valence-corrected chi connectivity index (χ0v) is 13.2. The van der Waals surface area contributed by atoms with E-state index in [1.165, 1.54) is 23.1 Å². The van der Waals surface area contributed by atoms with Crippen molar-refractivity contribution in [1.82, 2.24) is 4.90 Å². The molecule has 0 aromatic heterocycles. The molecule has 1 aliphatic rings. The van der Waals surface area contributed by atoms with E-state index in [0.717, 1.165) is 12.8 Å². The van der Waals surface area contributed by atoms with Crippen LogP contribution in [0.3, 0.4) is 0 Å². The van der Waals surface area contributed by atoms with Crippen molar-refractivity contribution >= 4 is 23.5 Å². The van der Waals surface area contributed by atoms with Crippen molar-refractivity contribution < 1.29 is 24.2 Å². The van der Waals surface area contributed by atoms with Gasteiger partial charge in [0, 0.05) is 13.6 Å². The third kappa shape index (κ3) is 3.80. The number of aromatic carboxylic acids is 1. The van der Waals surface area contributed by atoms with E-state index in [9.17, 15) is 14.4 Å². The van der Waals surface area contributed by atoms with Crippen LogP contribution in [-0.4, -0.2) is 54.5 Å². The Labute approximate surface area is 134 Å². The number of unbranched alkanes of at least 4 members (excludes halogenated alkanes) is 1. The second-order valence-corrected chi connectivity index (χ2v) is 5.43. The molecule has 0 saturated heterocycles. The molecule has 0 radical (unpaired) electrons. The Bertz CT molecular complexity index is 629. The van der Waals surface area contributed by atoms with E-state index in [0.29, 0.717) is 18.0 Å². The first-order valence-electron chi connectivity index (χ1n) is 7.48. The van der Waals surface area contributed by atoms with Crippen LogP contribution in [0.25, 0.3) is 0 Å². The summed E-state index contributed by atoms with van der Waals surface area (Å²) in [6.07, 6.45) is 1.88. The van der Waals surface area contributed by atoms with Gasteiger partial charge in [0.05, 0.1) is 11.3 Å². The van der Waals surface area contributed by atoms with Crippen LogP contribution in [0.1, 0.15) is 30.1 Å². The van der Waals surface area contributed by atoms with Crippen LogP contribution in [0, 0.1) is 0 Å². The highest BCUT2D eigenvalue weighted by atomic mass is 16.5. The molecule has 2 amide bonds. The minimum absolute atomic E-state index is 0.0736. The monoisotopic (exact) mass is 320 g/mol. The lowest BCUT2D eigenvalue weighted by molar-refractivity contribution is -0.131. The molecular formula is C16H20N2O5. The van der Waals surface area contributed by atoms with Crippen LogP contribution in [0.15, 0.2) is 18.2 Å². The fourth-order valence-electron chi connectivity index (χ4n) is 2.29. The fourth-order valence-corrected chi connectivity index (χ4v) is 2.29. The molecule has 1 heterocycles. The molecule has 1 aliphatic heterocycles. The number of carbonyl (C=O) groups excluding carboxylic acids is 2. The molecular weight excluding hydrogens is 300 g/mol. The molecule has 0 aliphatic carbocycles. The maximum absolute atomic E-state index is 12.2. The fraction of sp³-hybridized carbons (Fsp3) is 0.438. The standard InChI is InChI=1S/C16H20N2O5/c1-3-4-7-17(2)14(19)9-18-12-6-5-11(16(21)22)8-13(12)23-10-15(18)20/h5-6,8H,3-4,7,9-10H2,1-2H3,(H,21,22). The van der Waals surface area contributed by atoms with Gasteiger partial charge in [-0.1, -0.05) is 13.3 Å². The lowest BCUT2D eigenvalue weighted by atomic mass is 10.1. The second kappa shape index (κ2) is 7.13. The first-order valence-corrected chi connectivity index (χ1v) is 7.48. The molecule has 0 saturated carbocycles. The van der Waals surface area contributed by atoms with Crippen molar-refractivity contribution in [2.75, 3.05) is 31.6 Å². The predicted molar refractivity (Wildman–Crippen MR) is 83.8 cm³/mol. The molecule has 0 bridgehead atoms. The molecule has 1 N–H and O–H groups in total. The lowest BCUT2D eigenvalue weighted by Crippen LogP contribution is -2.45. The maximum Gasteiger partial charge on any atom is 0.335 e. The van der Waals surface area contributed by atoms with Gasteiger partial charge in [-0.3, -0.25) is 14.5 Å². The number of carbonyl (C=O) groups is 3. The number of ether oxygens (including phenoxy) is 1. The van der Waals surface area contributed by atoms with Crippen LogP contribution < -0.4 is 9.64 Å². The Morgan fingerprint density at radius 1 is 1.39 bits per heavy atom. The summed E-state index contributed by atoms with van der Waals surface area (Å²) in [6.45, 7) is 2.39. The first kappa shape index (κ1) is 16.8. The first-order chi connectivity index (χ1) is 10.9. The van der Waals surface area contributed by atoms with E-state index in [1.807, 2.05) is 6.92 Å².